The molecule has 1 aliphatic heterocycles. The van der Waals surface area contributed by atoms with E-state index < -0.39 is 0 Å². The summed E-state index contributed by atoms with van der Waals surface area (Å²) in [5, 5.41) is 3.84. The fourth-order valence-corrected chi connectivity index (χ4v) is 3.33. The number of hydrogen-bond donors (Lipinski definition) is 1. The van der Waals surface area contributed by atoms with E-state index >= 15 is 0 Å². The molecular weight excluding hydrogens is 316 g/mol. The van der Waals surface area contributed by atoms with Crippen LogP contribution in [-0.4, -0.2) is 43.1 Å². The average Bonchev–Trinajstić information content (AvgIpc) is 3.36. The van der Waals surface area contributed by atoms with Crippen LogP contribution in [0.15, 0.2) is 24.3 Å². The highest BCUT2D eigenvalue weighted by Gasteiger charge is 2.44. The molecule has 6 heteroatoms. The van der Waals surface area contributed by atoms with Crippen LogP contribution >= 0.6 is 11.6 Å². The highest BCUT2D eigenvalue weighted by Crippen LogP contribution is 2.47. The molecule has 0 aromatic heterocycles. The number of piperidine rings is 1. The lowest BCUT2D eigenvalue weighted by Gasteiger charge is -2.31. The van der Waals surface area contributed by atoms with Crippen LogP contribution in [0.4, 0.5) is 4.79 Å². The Morgan fingerprint density at radius 3 is 2.48 bits per heavy atom. The number of amides is 2. The topological polar surface area (TPSA) is 58.6 Å². The molecule has 0 bridgehead atoms. The summed E-state index contributed by atoms with van der Waals surface area (Å²) >= 11 is 5.89. The van der Waals surface area contributed by atoms with Crippen molar-refractivity contribution in [3.05, 3.63) is 34.9 Å². The minimum Gasteiger partial charge on any atom is -0.453 e. The normalized spacial score (nSPS) is 24.2. The van der Waals surface area contributed by atoms with Crippen LogP contribution < -0.4 is 5.32 Å². The van der Waals surface area contributed by atoms with Gasteiger partial charge in [-0.05, 0) is 42.9 Å². The van der Waals surface area contributed by atoms with Gasteiger partial charge >= 0.3 is 6.09 Å². The van der Waals surface area contributed by atoms with Gasteiger partial charge in [-0.2, -0.15) is 0 Å². The molecule has 1 aromatic rings. The van der Waals surface area contributed by atoms with Crippen LogP contribution in [0.1, 0.15) is 30.7 Å². The minimum absolute atomic E-state index is 0.0646. The Bertz CT molecular complexity index is 582. The van der Waals surface area contributed by atoms with Crippen molar-refractivity contribution in [2.75, 3.05) is 20.2 Å². The fourth-order valence-electron chi connectivity index (χ4n) is 3.21. The Labute approximate surface area is 140 Å². The van der Waals surface area contributed by atoms with E-state index in [-0.39, 0.29) is 24.0 Å². The van der Waals surface area contributed by atoms with Gasteiger partial charge in [0.25, 0.3) is 0 Å². The molecule has 2 atom stereocenters. The van der Waals surface area contributed by atoms with Crippen LogP contribution in [0.25, 0.3) is 0 Å². The van der Waals surface area contributed by atoms with Crippen LogP contribution in [0.5, 0.6) is 0 Å². The largest absolute Gasteiger partial charge is 0.453 e. The molecule has 0 unspecified atom stereocenters. The number of methoxy groups -OCH3 is 1. The predicted octanol–water partition coefficient (Wildman–Crippen LogP) is 2.79. The Morgan fingerprint density at radius 2 is 1.87 bits per heavy atom. The average molecular weight is 337 g/mol. The first-order valence-corrected chi connectivity index (χ1v) is 8.35. The zero-order valence-corrected chi connectivity index (χ0v) is 13.9. The summed E-state index contributed by atoms with van der Waals surface area (Å²) in [5.41, 5.74) is 1.18. The van der Waals surface area contributed by atoms with Gasteiger partial charge in [0.2, 0.25) is 5.91 Å². The predicted molar refractivity (Wildman–Crippen MR) is 87.4 cm³/mol. The van der Waals surface area contributed by atoms with Crippen molar-refractivity contribution >= 4 is 23.6 Å². The fraction of sp³-hybridized carbons (Fsp3) is 0.529. The number of likely N-dealkylation sites (tertiary alicyclic amines) is 1. The Kier molecular flexibility index (Phi) is 4.76. The van der Waals surface area contributed by atoms with E-state index in [0.29, 0.717) is 24.0 Å². The summed E-state index contributed by atoms with van der Waals surface area (Å²) in [6.07, 6.45) is 2.16. The zero-order chi connectivity index (χ0) is 16.4. The molecule has 1 saturated heterocycles. The summed E-state index contributed by atoms with van der Waals surface area (Å²) < 4.78 is 4.72. The van der Waals surface area contributed by atoms with Crippen molar-refractivity contribution in [2.24, 2.45) is 5.92 Å². The molecule has 2 fully saturated rings. The molecule has 3 rings (SSSR count). The monoisotopic (exact) mass is 336 g/mol. The number of carbonyl (C=O) groups excluding carboxylic acids is 2. The summed E-state index contributed by atoms with van der Waals surface area (Å²) in [6.45, 7) is 1.26. The highest BCUT2D eigenvalue weighted by atomic mass is 35.5. The van der Waals surface area contributed by atoms with Crippen LogP contribution in [0, 0.1) is 5.92 Å². The lowest BCUT2D eigenvalue weighted by molar-refractivity contribution is -0.123. The molecule has 0 radical (unpaired) electrons. The van der Waals surface area contributed by atoms with E-state index in [1.807, 2.05) is 24.3 Å². The molecule has 1 N–H and O–H groups in total. The SMILES string of the molecule is COC(=O)N1CCC(NC(=O)[C@H]2C[C@H]2c2ccc(Cl)cc2)CC1. The molecular formula is C17H21ClN2O3. The second-order valence-corrected chi connectivity index (χ2v) is 6.68. The van der Waals surface area contributed by atoms with E-state index in [4.69, 9.17) is 16.3 Å². The lowest BCUT2D eigenvalue weighted by atomic mass is 10.0. The number of nitrogens with zero attached hydrogens (tertiary/aromatic N) is 1. The van der Waals surface area contributed by atoms with Gasteiger partial charge in [-0.15, -0.1) is 0 Å². The van der Waals surface area contributed by atoms with E-state index in [1.54, 1.807) is 4.90 Å². The quantitative estimate of drug-likeness (QED) is 0.923. The van der Waals surface area contributed by atoms with Gasteiger partial charge in [0, 0.05) is 30.1 Å². The van der Waals surface area contributed by atoms with Crippen molar-refractivity contribution in [1.82, 2.24) is 10.2 Å². The van der Waals surface area contributed by atoms with Crippen LogP contribution in [0.3, 0.4) is 0 Å². The third-order valence-corrected chi connectivity index (χ3v) is 4.95. The molecule has 5 nitrogen and oxygen atoms in total. The molecule has 1 aliphatic carbocycles. The van der Waals surface area contributed by atoms with Crippen molar-refractivity contribution in [3.8, 4) is 0 Å². The first kappa shape index (κ1) is 16.1. The van der Waals surface area contributed by atoms with Gasteiger partial charge in [0.15, 0.2) is 0 Å². The van der Waals surface area contributed by atoms with Gasteiger partial charge in [-0.25, -0.2) is 4.79 Å². The van der Waals surface area contributed by atoms with E-state index in [0.717, 1.165) is 19.3 Å². The van der Waals surface area contributed by atoms with Crippen molar-refractivity contribution in [2.45, 2.75) is 31.2 Å². The van der Waals surface area contributed by atoms with Crippen molar-refractivity contribution < 1.29 is 14.3 Å². The minimum atomic E-state index is -0.292. The zero-order valence-electron chi connectivity index (χ0n) is 13.1. The number of ether oxygens (including phenoxy) is 1. The molecule has 1 aromatic carbocycles. The maximum Gasteiger partial charge on any atom is 0.409 e. The maximum atomic E-state index is 12.4. The molecule has 2 amide bonds. The first-order chi connectivity index (χ1) is 11.1. The van der Waals surface area contributed by atoms with Crippen LogP contribution in [0.2, 0.25) is 5.02 Å². The summed E-state index contributed by atoms with van der Waals surface area (Å²) in [6, 6.07) is 7.87. The Morgan fingerprint density at radius 1 is 1.22 bits per heavy atom. The smallest absolute Gasteiger partial charge is 0.409 e. The van der Waals surface area contributed by atoms with E-state index in [9.17, 15) is 9.59 Å². The van der Waals surface area contributed by atoms with Crippen molar-refractivity contribution in [1.29, 1.82) is 0 Å². The van der Waals surface area contributed by atoms with E-state index in [2.05, 4.69) is 5.32 Å². The molecule has 1 saturated carbocycles. The second kappa shape index (κ2) is 6.79. The summed E-state index contributed by atoms with van der Waals surface area (Å²) in [4.78, 5) is 25.5. The highest BCUT2D eigenvalue weighted by molar-refractivity contribution is 6.30. The number of rotatable bonds is 3. The molecule has 124 valence electrons. The Hall–Kier alpha value is -1.75. The second-order valence-electron chi connectivity index (χ2n) is 6.24. The summed E-state index contributed by atoms with van der Waals surface area (Å²) in [5.74, 6) is 0.499. The number of halogens is 1. The molecule has 0 spiro atoms. The first-order valence-electron chi connectivity index (χ1n) is 7.97. The Balaban J connectivity index is 1.46. The van der Waals surface area contributed by atoms with Crippen LogP contribution in [-0.2, 0) is 9.53 Å². The van der Waals surface area contributed by atoms with Gasteiger partial charge in [-0.3, -0.25) is 4.79 Å². The van der Waals surface area contributed by atoms with Gasteiger partial charge in [0.05, 0.1) is 7.11 Å². The summed E-state index contributed by atoms with van der Waals surface area (Å²) in [7, 11) is 1.39. The standard InChI is InChI=1S/C17H21ClN2O3/c1-23-17(22)20-8-6-13(7-9-20)19-16(21)15-10-14(15)11-2-4-12(18)5-3-11/h2-5,13-15H,6-10H2,1H3,(H,19,21)/t14-,15-/m0/s1. The van der Waals surface area contributed by atoms with E-state index in [1.165, 1.54) is 12.7 Å². The third kappa shape index (κ3) is 3.78. The lowest BCUT2D eigenvalue weighted by Crippen LogP contribution is -2.47. The number of benzene rings is 1. The van der Waals surface area contributed by atoms with Gasteiger partial charge in [-0.1, -0.05) is 23.7 Å². The number of carbonyl (C=O) groups is 2. The number of hydrogen-bond acceptors (Lipinski definition) is 3. The molecule has 1 heterocycles. The third-order valence-electron chi connectivity index (χ3n) is 4.70. The maximum absolute atomic E-state index is 12.4. The van der Waals surface area contributed by atoms with Gasteiger partial charge < -0.3 is 15.0 Å². The molecule has 23 heavy (non-hydrogen) atoms. The number of nitrogens with one attached hydrogen (secondary N) is 1. The molecule has 2 aliphatic rings. The van der Waals surface area contributed by atoms with Crippen molar-refractivity contribution in [3.63, 3.8) is 0 Å². The van der Waals surface area contributed by atoms with Gasteiger partial charge in [0.1, 0.15) is 0 Å².